The van der Waals surface area contributed by atoms with E-state index in [2.05, 4.69) is 0 Å². The molecule has 4 rings (SSSR count). The second kappa shape index (κ2) is 7.59. The minimum Gasteiger partial charge on any atom is -0.505 e. The molecule has 0 spiro atoms. The summed E-state index contributed by atoms with van der Waals surface area (Å²) in [5.41, 5.74) is 1.04. The highest BCUT2D eigenvalue weighted by Gasteiger charge is 2.43. The van der Waals surface area contributed by atoms with Gasteiger partial charge < -0.3 is 14.9 Å². The van der Waals surface area contributed by atoms with E-state index in [4.69, 9.17) is 22.3 Å². The summed E-state index contributed by atoms with van der Waals surface area (Å²) < 4.78 is 37.0. The summed E-state index contributed by atoms with van der Waals surface area (Å²) in [6.07, 6.45) is 1.56. The molecule has 160 valence electrons. The summed E-state index contributed by atoms with van der Waals surface area (Å²) in [5, 5.41) is 10.7. The summed E-state index contributed by atoms with van der Waals surface area (Å²) in [7, 11) is 1.56. The third-order valence-electron chi connectivity index (χ3n) is 5.74. The average Bonchev–Trinajstić information content (AvgIpc) is 2.91. The van der Waals surface area contributed by atoms with Crippen molar-refractivity contribution in [3.8, 4) is 5.75 Å². The molecule has 0 aromatic heterocycles. The summed E-state index contributed by atoms with van der Waals surface area (Å²) >= 11 is 6.05. The molecule has 2 fully saturated rings. The van der Waals surface area contributed by atoms with Gasteiger partial charge in [-0.3, -0.25) is 4.79 Å². The van der Waals surface area contributed by atoms with Crippen LogP contribution in [-0.4, -0.2) is 49.5 Å². The Hall–Kier alpha value is -2.03. The zero-order valence-electron chi connectivity index (χ0n) is 16.0. The van der Waals surface area contributed by atoms with Gasteiger partial charge in [0.05, 0.1) is 21.2 Å². The van der Waals surface area contributed by atoms with Gasteiger partial charge in [-0.25, -0.2) is 12.8 Å². The molecule has 2 aromatic rings. The molecule has 0 aliphatic carbocycles. The van der Waals surface area contributed by atoms with Crippen LogP contribution >= 0.6 is 22.3 Å². The number of phenolic OH excluding ortho intramolecular Hbond substituents is 1. The Balaban J connectivity index is 1.64. The molecule has 1 N–H and O–H groups in total. The number of halogens is 3. The number of likely N-dealkylation sites (tertiary alicyclic amines) is 1. The average molecular weight is 473 g/mol. The smallest absolute Gasteiger partial charge is 0.261 e. The monoisotopic (exact) mass is 472 g/mol. The van der Waals surface area contributed by atoms with E-state index in [1.807, 2.05) is 4.90 Å². The highest BCUT2D eigenvalue weighted by molar-refractivity contribution is 8.13. The van der Waals surface area contributed by atoms with Crippen molar-refractivity contribution in [3.05, 3.63) is 52.3 Å². The van der Waals surface area contributed by atoms with E-state index in [1.165, 1.54) is 24.3 Å². The van der Waals surface area contributed by atoms with Gasteiger partial charge in [-0.1, -0.05) is 11.6 Å². The third-order valence-corrected chi connectivity index (χ3v) is 7.39. The summed E-state index contributed by atoms with van der Waals surface area (Å²) in [4.78, 5) is 16.5. The van der Waals surface area contributed by atoms with Crippen molar-refractivity contribution in [1.82, 2.24) is 4.90 Å². The lowest BCUT2D eigenvalue weighted by atomic mass is 10.1. The summed E-state index contributed by atoms with van der Waals surface area (Å²) in [6, 6.07) is 6.18. The Kier molecular flexibility index (Phi) is 5.36. The standard InChI is InChI=1S/C20H19Cl2FN2O4S/c1-11-6-15(30(22,28)29)8-18(19(11)26)25-13-3-4-14(25)10-24(9-13)20(27)16-5-2-12(23)7-17(16)21/h2,5-8,13-14,26H,3-4,9-10H2,1H3. The Labute approximate surface area is 183 Å². The van der Waals surface area contributed by atoms with E-state index in [1.54, 1.807) is 11.8 Å². The van der Waals surface area contributed by atoms with Gasteiger partial charge in [-0.2, -0.15) is 0 Å². The van der Waals surface area contributed by atoms with Crippen molar-refractivity contribution in [2.75, 3.05) is 18.0 Å². The zero-order valence-corrected chi connectivity index (χ0v) is 18.3. The minimum atomic E-state index is -3.96. The van der Waals surface area contributed by atoms with Crippen LogP contribution in [0.2, 0.25) is 5.02 Å². The maximum atomic E-state index is 13.3. The van der Waals surface area contributed by atoms with Gasteiger partial charge in [0.15, 0.2) is 0 Å². The number of phenols is 1. The van der Waals surface area contributed by atoms with Crippen molar-refractivity contribution in [2.24, 2.45) is 0 Å². The number of aryl methyl sites for hydroxylation is 1. The van der Waals surface area contributed by atoms with Crippen LogP contribution in [0.3, 0.4) is 0 Å². The van der Waals surface area contributed by atoms with E-state index in [0.29, 0.717) is 24.3 Å². The molecular formula is C20H19Cl2FN2O4S. The second-order valence-electron chi connectivity index (χ2n) is 7.67. The fraction of sp³-hybridized carbons (Fsp3) is 0.350. The highest BCUT2D eigenvalue weighted by atomic mass is 35.7. The maximum Gasteiger partial charge on any atom is 0.261 e. The van der Waals surface area contributed by atoms with Crippen molar-refractivity contribution < 1.29 is 22.7 Å². The molecule has 2 atom stereocenters. The van der Waals surface area contributed by atoms with E-state index < -0.39 is 14.9 Å². The molecule has 2 unspecified atom stereocenters. The van der Waals surface area contributed by atoms with Crippen LogP contribution in [0.5, 0.6) is 5.75 Å². The molecule has 2 aromatic carbocycles. The molecule has 2 heterocycles. The van der Waals surface area contributed by atoms with Crippen LogP contribution in [-0.2, 0) is 9.05 Å². The number of hydrogen-bond donors (Lipinski definition) is 1. The van der Waals surface area contributed by atoms with E-state index in [-0.39, 0.29) is 39.2 Å². The normalized spacial score (nSPS) is 21.2. The van der Waals surface area contributed by atoms with Crippen LogP contribution in [0.25, 0.3) is 0 Å². The quantitative estimate of drug-likeness (QED) is 0.684. The van der Waals surface area contributed by atoms with E-state index in [0.717, 1.165) is 18.9 Å². The number of carbonyl (C=O) groups excluding carboxylic acids is 1. The number of benzene rings is 2. The molecule has 0 saturated carbocycles. The van der Waals surface area contributed by atoms with Crippen molar-refractivity contribution in [2.45, 2.75) is 36.7 Å². The minimum absolute atomic E-state index is 0.00248. The first-order valence-corrected chi connectivity index (χ1v) is 12.1. The molecular weight excluding hydrogens is 454 g/mol. The predicted octanol–water partition coefficient (Wildman–Crippen LogP) is 3.91. The summed E-state index contributed by atoms with van der Waals surface area (Å²) in [6.45, 7) is 2.36. The molecule has 2 saturated heterocycles. The lowest BCUT2D eigenvalue weighted by Crippen LogP contribution is -2.55. The Morgan fingerprint density at radius 1 is 1.17 bits per heavy atom. The van der Waals surface area contributed by atoms with Gasteiger partial charge in [0.2, 0.25) is 0 Å². The van der Waals surface area contributed by atoms with Crippen LogP contribution in [0, 0.1) is 12.7 Å². The van der Waals surface area contributed by atoms with Crippen molar-refractivity contribution in [3.63, 3.8) is 0 Å². The number of hydrogen-bond acceptors (Lipinski definition) is 5. The van der Waals surface area contributed by atoms with Gasteiger partial charge >= 0.3 is 0 Å². The molecule has 30 heavy (non-hydrogen) atoms. The second-order valence-corrected chi connectivity index (χ2v) is 10.6. The maximum absolute atomic E-state index is 13.3. The van der Waals surface area contributed by atoms with Crippen LogP contribution in [0.15, 0.2) is 35.2 Å². The number of nitrogens with zero attached hydrogens (tertiary/aromatic N) is 2. The zero-order chi connectivity index (χ0) is 21.8. The number of carbonyl (C=O) groups is 1. The third kappa shape index (κ3) is 3.72. The Morgan fingerprint density at radius 3 is 2.37 bits per heavy atom. The first-order valence-electron chi connectivity index (χ1n) is 9.37. The predicted molar refractivity (Wildman–Crippen MR) is 112 cm³/mol. The molecule has 2 bridgehead atoms. The molecule has 1 amide bonds. The Morgan fingerprint density at radius 2 is 1.80 bits per heavy atom. The van der Waals surface area contributed by atoms with Crippen LogP contribution in [0.4, 0.5) is 10.1 Å². The van der Waals surface area contributed by atoms with Gasteiger partial charge in [0.1, 0.15) is 11.6 Å². The van der Waals surface area contributed by atoms with Gasteiger partial charge in [0.25, 0.3) is 15.0 Å². The van der Waals surface area contributed by atoms with Crippen LogP contribution in [0.1, 0.15) is 28.8 Å². The lowest BCUT2D eigenvalue weighted by molar-refractivity contribution is 0.0718. The molecule has 0 radical (unpaired) electrons. The lowest BCUT2D eigenvalue weighted by Gasteiger charge is -2.43. The van der Waals surface area contributed by atoms with Crippen molar-refractivity contribution >= 4 is 42.9 Å². The van der Waals surface area contributed by atoms with Crippen molar-refractivity contribution in [1.29, 1.82) is 0 Å². The number of fused-ring (bicyclic) bond motifs is 2. The highest BCUT2D eigenvalue weighted by Crippen LogP contribution is 2.42. The fourth-order valence-corrected chi connectivity index (χ4v) is 5.45. The number of piperazine rings is 1. The number of anilines is 1. The van der Waals surface area contributed by atoms with E-state index >= 15 is 0 Å². The van der Waals surface area contributed by atoms with Gasteiger partial charge in [-0.05, 0) is 55.7 Å². The fourth-order valence-electron chi connectivity index (χ4n) is 4.36. The molecule has 6 nitrogen and oxygen atoms in total. The first-order chi connectivity index (χ1) is 14.1. The number of aromatic hydroxyl groups is 1. The first kappa shape index (κ1) is 21.2. The number of rotatable bonds is 3. The van der Waals surface area contributed by atoms with E-state index in [9.17, 15) is 22.7 Å². The molecule has 10 heteroatoms. The van der Waals surface area contributed by atoms with Crippen LogP contribution < -0.4 is 4.90 Å². The van der Waals surface area contributed by atoms with Gasteiger partial charge in [-0.15, -0.1) is 0 Å². The number of amides is 1. The Bertz CT molecular complexity index is 1130. The molecule has 2 aliphatic heterocycles. The summed E-state index contributed by atoms with van der Waals surface area (Å²) in [5.74, 6) is -0.798. The molecule has 2 aliphatic rings. The van der Waals surface area contributed by atoms with Gasteiger partial charge in [0, 0.05) is 35.9 Å². The largest absolute Gasteiger partial charge is 0.505 e. The topological polar surface area (TPSA) is 77.9 Å². The SMILES string of the molecule is Cc1cc(S(=O)(=O)Cl)cc(N2C3CCC2CN(C(=O)c2ccc(F)cc2Cl)C3)c1O.